The molecule has 11 nitrogen and oxygen atoms in total. The summed E-state index contributed by atoms with van der Waals surface area (Å²) in [5.74, 6) is -1.99. The van der Waals surface area contributed by atoms with Crippen molar-refractivity contribution in [1.82, 2.24) is 10.2 Å². The van der Waals surface area contributed by atoms with Gasteiger partial charge in [-0.3, -0.25) is 24.0 Å². The topological polar surface area (TPSA) is 139 Å². The van der Waals surface area contributed by atoms with Crippen molar-refractivity contribution in [3.63, 3.8) is 0 Å². The summed E-state index contributed by atoms with van der Waals surface area (Å²) < 4.78 is 46.7. The number of rotatable bonds is 13. The maximum absolute atomic E-state index is 14.8. The third kappa shape index (κ3) is 8.26. The van der Waals surface area contributed by atoms with Crippen LogP contribution in [0.15, 0.2) is 72.8 Å². The van der Waals surface area contributed by atoms with E-state index >= 15 is 0 Å². The van der Waals surface area contributed by atoms with Gasteiger partial charge in [-0.1, -0.05) is 48.5 Å². The lowest BCUT2D eigenvalue weighted by atomic mass is 10.0. The van der Waals surface area contributed by atoms with Crippen molar-refractivity contribution in [1.29, 1.82) is 0 Å². The third-order valence-corrected chi connectivity index (χ3v) is 7.45. The van der Waals surface area contributed by atoms with Crippen LogP contribution in [-0.2, 0) is 32.6 Å². The number of benzene rings is 3. The second-order valence-electron chi connectivity index (χ2n) is 9.86. The highest BCUT2D eigenvalue weighted by Gasteiger charge is 2.34. The van der Waals surface area contributed by atoms with Crippen LogP contribution in [0.4, 0.5) is 15.8 Å². The van der Waals surface area contributed by atoms with Gasteiger partial charge in [0, 0.05) is 36.7 Å². The minimum atomic E-state index is -4.22. The van der Waals surface area contributed by atoms with E-state index in [1.807, 2.05) is 0 Å². The van der Waals surface area contributed by atoms with Crippen LogP contribution in [0.1, 0.15) is 25.0 Å². The van der Waals surface area contributed by atoms with Crippen molar-refractivity contribution in [2.75, 3.05) is 24.2 Å². The van der Waals surface area contributed by atoms with Gasteiger partial charge in [0.05, 0.1) is 18.3 Å². The molecule has 0 saturated heterocycles. The molecular weight excluding hydrogens is 567 g/mol. The highest BCUT2D eigenvalue weighted by molar-refractivity contribution is 7.92. The zero-order valence-corrected chi connectivity index (χ0v) is 24.5. The summed E-state index contributed by atoms with van der Waals surface area (Å²) in [6.45, 7) is 2.31. The van der Waals surface area contributed by atoms with Crippen LogP contribution >= 0.6 is 0 Å². The summed E-state index contributed by atoms with van der Waals surface area (Å²) in [6.07, 6.45) is 0.894. The molecule has 0 saturated carbocycles. The zero-order valence-electron chi connectivity index (χ0n) is 23.7. The van der Waals surface area contributed by atoms with Crippen molar-refractivity contribution >= 4 is 33.2 Å². The molecule has 3 aromatic rings. The number of halogens is 1. The number of nitro groups is 1. The van der Waals surface area contributed by atoms with Crippen molar-refractivity contribution in [3.05, 3.63) is 99.9 Å². The van der Waals surface area contributed by atoms with Gasteiger partial charge in [0.15, 0.2) is 0 Å². The Morgan fingerprint density at radius 2 is 1.69 bits per heavy atom. The zero-order chi connectivity index (χ0) is 31.0. The number of amides is 2. The van der Waals surface area contributed by atoms with E-state index < -0.39 is 50.9 Å². The molecule has 0 bridgehead atoms. The van der Waals surface area contributed by atoms with Gasteiger partial charge in [-0.2, -0.15) is 0 Å². The van der Waals surface area contributed by atoms with E-state index in [0.717, 1.165) is 23.3 Å². The maximum atomic E-state index is 14.8. The number of nitrogens with one attached hydrogen (secondary N) is 1. The molecule has 1 atom stereocenters. The van der Waals surface area contributed by atoms with E-state index in [1.165, 1.54) is 31.4 Å². The number of hydrogen-bond acceptors (Lipinski definition) is 7. The average molecular weight is 601 g/mol. The Labute approximate surface area is 244 Å². The van der Waals surface area contributed by atoms with Crippen LogP contribution in [0.25, 0.3) is 0 Å². The number of ether oxygens (including phenoxy) is 1. The van der Waals surface area contributed by atoms with Crippen molar-refractivity contribution < 1.29 is 32.1 Å². The molecule has 224 valence electrons. The Kier molecular flexibility index (Phi) is 10.6. The standard InChI is InChI=1S/C29H33FN4O7S/c1-20(2)31-29(36)26(16-21-10-6-5-7-11-21)32(18-22-12-8-9-13-24(22)30)28(35)19-33(42(4,39)40)25-17-23(34(37)38)14-15-27(25)41-3/h5-15,17,20,26H,16,18-19H2,1-4H3,(H,31,36). The number of nitro benzene ring substituents is 1. The summed E-state index contributed by atoms with van der Waals surface area (Å²) in [5, 5.41) is 14.3. The minimum Gasteiger partial charge on any atom is -0.495 e. The minimum absolute atomic E-state index is 0.0298. The highest BCUT2D eigenvalue weighted by atomic mass is 32.2. The second-order valence-corrected chi connectivity index (χ2v) is 11.8. The Hall–Kier alpha value is -4.52. The predicted octanol–water partition coefficient (Wildman–Crippen LogP) is 3.67. The van der Waals surface area contributed by atoms with Gasteiger partial charge >= 0.3 is 0 Å². The van der Waals surface area contributed by atoms with Crippen molar-refractivity contribution in [2.24, 2.45) is 0 Å². The molecule has 2 amide bonds. The fourth-order valence-corrected chi connectivity index (χ4v) is 5.17. The molecule has 13 heteroatoms. The Bertz CT molecular complexity index is 1530. The number of non-ortho nitro benzene ring substituents is 1. The Morgan fingerprint density at radius 3 is 2.26 bits per heavy atom. The first-order valence-electron chi connectivity index (χ1n) is 13.0. The van der Waals surface area contributed by atoms with Gasteiger partial charge in [0.25, 0.3) is 5.69 Å². The van der Waals surface area contributed by atoms with E-state index in [-0.39, 0.29) is 36.0 Å². The SMILES string of the molecule is COc1ccc([N+](=O)[O-])cc1N(CC(=O)N(Cc1ccccc1F)C(Cc1ccccc1)C(=O)NC(C)C)S(C)(=O)=O. The molecule has 0 aliphatic heterocycles. The molecule has 1 N–H and O–H groups in total. The quantitative estimate of drug-likeness (QED) is 0.233. The van der Waals surface area contributed by atoms with Crippen LogP contribution in [0, 0.1) is 15.9 Å². The molecule has 3 aromatic carbocycles. The van der Waals surface area contributed by atoms with Gasteiger partial charge in [-0.05, 0) is 31.5 Å². The fourth-order valence-electron chi connectivity index (χ4n) is 4.33. The molecule has 42 heavy (non-hydrogen) atoms. The molecule has 0 spiro atoms. The smallest absolute Gasteiger partial charge is 0.271 e. The summed E-state index contributed by atoms with van der Waals surface area (Å²) in [7, 11) is -2.96. The molecule has 0 aliphatic rings. The maximum Gasteiger partial charge on any atom is 0.271 e. The number of sulfonamides is 1. The first-order chi connectivity index (χ1) is 19.8. The van der Waals surface area contributed by atoms with Gasteiger partial charge in [0.2, 0.25) is 21.8 Å². The number of nitrogens with zero attached hydrogens (tertiary/aromatic N) is 3. The summed E-state index contributed by atoms with van der Waals surface area (Å²) in [6, 6.07) is 16.5. The van der Waals surface area contributed by atoms with Crippen LogP contribution in [-0.4, -0.2) is 62.0 Å². The first-order valence-corrected chi connectivity index (χ1v) is 14.8. The molecular formula is C29H33FN4O7S. The highest BCUT2D eigenvalue weighted by Crippen LogP contribution is 2.34. The van der Waals surface area contributed by atoms with E-state index in [4.69, 9.17) is 4.74 Å². The van der Waals surface area contributed by atoms with Gasteiger partial charge < -0.3 is 15.0 Å². The molecule has 0 aliphatic carbocycles. The van der Waals surface area contributed by atoms with Crippen LogP contribution in [0.5, 0.6) is 5.75 Å². The third-order valence-electron chi connectivity index (χ3n) is 6.32. The van der Waals surface area contributed by atoms with E-state index in [1.54, 1.807) is 50.2 Å². The number of methoxy groups -OCH3 is 1. The Morgan fingerprint density at radius 1 is 1.05 bits per heavy atom. The summed E-state index contributed by atoms with van der Waals surface area (Å²) in [4.78, 5) is 39.5. The Balaban J connectivity index is 2.14. The van der Waals surface area contributed by atoms with E-state index in [9.17, 15) is 32.5 Å². The summed E-state index contributed by atoms with van der Waals surface area (Å²) >= 11 is 0. The van der Waals surface area contributed by atoms with Crippen LogP contribution in [0.2, 0.25) is 0 Å². The number of carbonyl (C=O) groups is 2. The molecule has 0 radical (unpaired) electrons. The van der Waals surface area contributed by atoms with E-state index in [2.05, 4.69) is 5.32 Å². The van der Waals surface area contributed by atoms with E-state index in [0.29, 0.717) is 9.87 Å². The van der Waals surface area contributed by atoms with Crippen LogP contribution < -0.4 is 14.4 Å². The first kappa shape index (κ1) is 32.0. The monoisotopic (exact) mass is 600 g/mol. The van der Waals surface area contributed by atoms with Gasteiger partial charge in [-0.25, -0.2) is 12.8 Å². The number of carbonyl (C=O) groups excluding carboxylic acids is 2. The molecule has 0 fully saturated rings. The summed E-state index contributed by atoms with van der Waals surface area (Å²) in [5.41, 5.74) is 0.168. The lowest BCUT2D eigenvalue weighted by Gasteiger charge is -2.34. The normalized spacial score (nSPS) is 12.0. The van der Waals surface area contributed by atoms with Crippen molar-refractivity contribution in [3.8, 4) is 5.75 Å². The molecule has 0 heterocycles. The van der Waals surface area contributed by atoms with Gasteiger partial charge in [0.1, 0.15) is 29.8 Å². The number of hydrogen-bond donors (Lipinski definition) is 1. The molecule has 3 rings (SSSR count). The van der Waals surface area contributed by atoms with Crippen LogP contribution in [0.3, 0.4) is 0 Å². The molecule has 0 aromatic heterocycles. The number of anilines is 1. The average Bonchev–Trinajstić information content (AvgIpc) is 2.93. The second kappa shape index (κ2) is 13.9. The molecule has 1 unspecified atom stereocenters. The largest absolute Gasteiger partial charge is 0.495 e. The lowest BCUT2D eigenvalue weighted by molar-refractivity contribution is -0.384. The van der Waals surface area contributed by atoms with Crippen molar-refractivity contribution in [2.45, 2.75) is 38.9 Å². The predicted molar refractivity (Wildman–Crippen MR) is 156 cm³/mol. The fraction of sp³-hybridized carbons (Fsp3) is 0.310. The van der Waals surface area contributed by atoms with Gasteiger partial charge in [-0.15, -0.1) is 0 Å². The lowest BCUT2D eigenvalue weighted by Crippen LogP contribution is -2.54.